The van der Waals surface area contributed by atoms with E-state index >= 15 is 0 Å². The normalized spacial score (nSPS) is 12.7. The summed E-state index contributed by atoms with van der Waals surface area (Å²) in [5, 5.41) is 2.79. The van der Waals surface area contributed by atoms with Gasteiger partial charge in [0.2, 0.25) is 15.9 Å². The Morgan fingerprint density at radius 3 is 2.12 bits per heavy atom. The largest absolute Gasteiger partial charge is 0.324 e. The van der Waals surface area contributed by atoms with Crippen LogP contribution in [-0.4, -0.2) is 20.4 Å². The molecule has 0 spiro atoms. The number of anilines is 1. The molecule has 0 aliphatic carbocycles. The van der Waals surface area contributed by atoms with Crippen LogP contribution in [0.15, 0.2) is 51.8 Å². The maximum Gasteiger partial charge on any atom is 0.242 e. The highest BCUT2D eigenvalue weighted by Crippen LogP contribution is 2.20. The molecule has 2 aromatic carbocycles. The van der Waals surface area contributed by atoms with E-state index < -0.39 is 22.0 Å². The van der Waals surface area contributed by atoms with Crippen molar-refractivity contribution >= 4 is 37.5 Å². The molecule has 0 aliphatic heterocycles. The lowest BCUT2D eigenvalue weighted by Gasteiger charge is -2.17. The second kappa shape index (κ2) is 7.46. The van der Waals surface area contributed by atoms with Crippen LogP contribution in [0.1, 0.15) is 18.1 Å². The van der Waals surface area contributed by atoms with E-state index in [-0.39, 0.29) is 4.90 Å². The number of amides is 1. The lowest BCUT2D eigenvalue weighted by Crippen LogP contribution is -2.41. The average molecular weight is 411 g/mol. The summed E-state index contributed by atoms with van der Waals surface area (Å²) < 4.78 is 27.9. The van der Waals surface area contributed by atoms with E-state index in [1.54, 1.807) is 12.1 Å². The zero-order valence-electron chi connectivity index (χ0n) is 13.6. The molecule has 5 nitrogen and oxygen atoms in total. The maximum atomic E-state index is 12.3. The molecule has 0 aliphatic rings. The first kappa shape index (κ1) is 18.6. The standard InChI is InChI=1S/C17H19BrN2O3S/c1-11-5-4-6-12(2)16(11)19-17(21)13(3)20-24(22,23)15-9-7-14(18)8-10-15/h4-10,13,20H,1-3H3,(H,19,21). The second-order valence-electron chi connectivity index (χ2n) is 5.55. The van der Waals surface area contributed by atoms with E-state index in [4.69, 9.17) is 0 Å². The molecule has 0 heterocycles. The highest BCUT2D eigenvalue weighted by Gasteiger charge is 2.22. The molecule has 2 rings (SSSR count). The van der Waals surface area contributed by atoms with Gasteiger partial charge in [0.05, 0.1) is 10.9 Å². The lowest BCUT2D eigenvalue weighted by molar-refractivity contribution is -0.117. The molecule has 1 amide bonds. The number of sulfonamides is 1. The number of benzene rings is 2. The second-order valence-corrected chi connectivity index (χ2v) is 8.18. The minimum atomic E-state index is -3.77. The first-order valence-corrected chi connectivity index (χ1v) is 9.63. The number of halogens is 1. The van der Waals surface area contributed by atoms with Gasteiger partial charge in [0.25, 0.3) is 0 Å². The number of hydrogen-bond donors (Lipinski definition) is 2. The summed E-state index contributed by atoms with van der Waals surface area (Å²) in [5.74, 6) is -0.409. The Morgan fingerprint density at radius 2 is 1.58 bits per heavy atom. The number of nitrogens with one attached hydrogen (secondary N) is 2. The van der Waals surface area contributed by atoms with E-state index in [0.717, 1.165) is 15.6 Å². The zero-order chi connectivity index (χ0) is 17.9. The third-order valence-electron chi connectivity index (χ3n) is 3.58. The van der Waals surface area contributed by atoms with E-state index in [9.17, 15) is 13.2 Å². The van der Waals surface area contributed by atoms with Gasteiger partial charge < -0.3 is 5.32 Å². The van der Waals surface area contributed by atoms with Gasteiger partial charge >= 0.3 is 0 Å². The van der Waals surface area contributed by atoms with Gasteiger partial charge in [-0.1, -0.05) is 34.1 Å². The number of carbonyl (C=O) groups is 1. The SMILES string of the molecule is Cc1cccc(C)c1NC(=O)C(C)NS(=O)(=O)c1ccc(Br)cc1. The molecule has 0 saturated carbocycles. The van der Waals surface area contributed by atoms with Gasteiger partial charge in [-0.25, -0.2) is 8.42 Å². The van der Waals surface area contributed by atoms with Crippen LogP contribution in [0.3, 0.4) is 0 Å². The van der Waals surface area contributed by atoms with Gasteiger partial charge in [-0.2, -0.15) is 4.72 Å². The fourth-order valence-electron chi connectivity index (χ4n) is 2.21. The topological polar surface area (TPSA) is 75.3 Å². The fourth-order valence-corrected chi connectivity index (χ4v) is 3.68. The molecule has 2 N–H and O–H groups in total. The third-order valence-corrected chi connectivity index (χ3v) is 5.66. The highest BCUT2D eigenvalue weighted by atomic mass is 79.9. The quantitative estimate of drug-likeness (QED) is 0.792. The minimum absolute atomic E-state index is 0.109. The molecule has 7 heteroatoms. The van der Waals surface area contributed by atoms with Gasteiger partial charge in [-0.15, -0.1) is 0 Å². The van der Waals surface area contributed by atoms with Crippen molar-refractivity contribution < 1.29 is 13.2 Å². The number of hydrogen-bond acceptors (Lipinski definition) is 3. The van der Waals surface area contributed by atoms with Crippen molar-refractivity contribution in [1.29, 1.82) is 0 Å². The summed E-state index contributed by atoms with van der Waals surface area (Å²) in [6.45, 7) is 5.29. The van der Waals surface area contributed by atoms with Crippen LogP contribution in [-0.2, 0) is 14.8 Å². The molecule has 128 valence electrons. The number of carbonyl (C=O) groups excluding carboxylic acids is 1. The monoisotopic (exact) mass is 410 g/mol. The average Bonchev–Trinajstić information content (AvgIpc) is 2.51. The van der Waals surface area contributed by atoms with Crippen LogP contribution in [0.25, 0.3) is 0 Å². The third kappa shape index (κ3) is 4.43. The predicted octanol–water partition coefficient (Wildman–Crippen LogP) is 3.37. The Bertz CT molecular complexity index is 828. The van der Waals surface area contributed by atoms with Crippen LogP contribution >= 0.6 is 15.9 Å². The van der Waals surface area contributed by atoms with E-state index in [1.165, 1.54) is 19.1 Å². The Kier molecular flexibility index (Phi) is 5.79. The summed E-state index contributed by atoms with van der Waals surface area (Å²) >= 11 is 3.26. The number of rotatable bonds is 5. The van der Waals surface area contributed by atoms with E-state index in [0.29, 0.717) is 5.69 Å². The fraction of sp³-hybridized carbons (Fsp3) is 0.235. The van der Waals surface area contributed by atoms with Gasteiger partial charge in [0.15, 0.2) is 0 Å². The summed E-state index contributed by atoms with van der Waals surface area (Å²) in [6.07, 6.45) is 0. The predicted molar refractivity (Wildman–Crippen MR) is 98.5 cm³/mol. The van der Waals surface area contributed by atoms with Crippen molar-refractivity contribution in [2.24, 2.45) is 0 Å². The molecule has 2 aromatic rings. The van der Waals surface area contributed by atoms with Gasteiger partial charge in [-0.3, -0.25) is 4.79 Å². The van der Waals surface area contributed by atoms with Gasteiger partial charge in [0.1, 0.15) is 0 Å². The van der Waals surface area contributed by atoms with Crippen LogP contribution in [0.4, 0.5) is 5.69 Å². The Hall–Kier alpha value is -1.70. The van der Waals surface area contributed by atoms with Gasteiger partial charge in [0, 0.05) is 10.2 Å². The lowest BCUT2D eigenvalue weighted by atomic mass is 10.1. The summed E-state index contributed by atoms with van der Waals surface area (Å²) in [4.78, 5) is 12.4. The van der Waals surface area contributed by atoms with Crippen LogP contribution in [0.2, 0.25) is 0 Å². The molecular weight excluding hydrogens is 392 g/mol. The van der Waals surface area contributed by atoms with Crippen LogP contribution < -0.4 is 10.0 Å². The van der Waals surface area contributed by atoms with Crippen molar-refractivity contribution in [1.82, 2.24) is 4.72 Å². The molecule has 0 aromatic heterocycles. The zero-order valence-corrected chi connectivity index (χ0v) is 16.0. The first-order chi connectivity index (χ1) is 11.2. The maximum absolute atomic E-state index is 12.3. The Balaban J connectivity index is 2.12. The van der Waals surface area contributed by atoms with Crippen LogP contribution in [0.5, 0.6) is 0 Å². The number of aryl methyl sites for hydroxylation is 2. The Labute approximate surface area is 150 Å². The highest BCUT2D eigenvalue weighted by molar-refractivity contribution is 9.10. The van der Waals surface area contributed by atoms with E-state index in [1.807, 2.05) is 32.0 Å². The van der Waals surface area contributed by atoms with Crippen molar-refractivity contribution in [3.8, 4) is 0 Å². The van der Waals surface area contributed by atoms with Crippen LogP contribution in [0, 0.1) is 13.8 Å². The van der Waals surface area contributed by atoms with Crippen molar-refractivity contribution in [2.45, 2.75) is 31.7 Å². The summed E-state index contributed by atoms with van der Waals surface area (Å²) in [6, 6.07) is 11.0. The van der Waals surface area contributed by atoms with Crippen molar-refractivity contribution in [2.75, 3.05) is 5.32 Å². The Morgan fingerprint density at radius 1 is 1.04 bits per heavy atom. The molecule has 1 atom stereocenters. The van der Waals surface area contributed by atoms with Crippen molar-refractivity contribution in [3.05, 3.63) is 58.1 Å². The molecule has 0 fully saturated rings. The molecule has 0 radical (unpaired) electrons. The minimum Gasteiger partial charge on any atom is -0.324 e. The van der Waals surface area contributed by atoms with E-state index in [2.05, 4.69) is 26.0 Å². The summed E-state index contributed by atoms with van der Waals surface area (Å²) in [5.41, 5.74) is 2.55. The molecule has 1 unspecified atom stereocenters. The molecular formula is C17H19BrN2O3S. The molecule has 24 heavy (non-hydrogen) atoms. The molecule has 0 saturated heterocycles. The van der Waals surface area contributed by atoms with Crippen molar-refractivity contribution in [3.63, 3.8) is 0 Å². The summed E-state index contributed by atoms with van der Waals surface area (Å²) in [7, 11) is -3.77. The molecule has 0 bridgehead atoms. The first-order valence-electron chi connectivity index (χ1n) is 7.35. The van der Waals surface area contributed by atoms with Gasteiger partial charge in [-0.05, 0) is 56.2 Å². The smallest absolute Gasteiger partial charge is 0.242 e. The number of para-hydroxylation sites is 1.